The average Bonchev–Trinajstić information content (AvgIpc) is 2.75. The van der Waals surface area contributed by atoms with Crippen molar-refractivity contribution in [3.8, 4) is 5.75 Å². The number of nitrogens with one attached hydrogen (secondary N) is 2. The summed E-state index contributed by atoms with van der Waals surface area (Å²) < 4.78 is 5.67. The molecule has 2 aromatic carbocycles. The maximum atomic E-state index is 12.5. The molecule has 7 heteroatoms. The molecule has 0 aromatic heterocycles. The maximum Gasteiger partial charge on any atom is 0.257 e. The first-order chi connectivity index (χ1) is 14.5. The van der Waals surface area contributed by atoms with E-state index in [1.54, 1.807) is 12.1 Å². The number of thiocarbonyl (C=S) groups is 1. The molecular weight excluding hydrogens is 396 g/mol. The van der Waals surface area contributed by atoms with E-state index in [0.717, 1.165) is 44.7 Å². The summed E-state index contributed by atoms with van der Waals surface area (Å²) in [6, 6.07) is 15.3. The minimum atomic E-state index is -0.262. The molecule has 1 saturated heterocycles. The third-order valence-electron chi connectivity index (χ3n) is 5.08. The van der Waals surface area contributed by atoms with Gasteiger partial charge in [0.15, 0.2) is 5.11 Å². The molecule has 160 valence electrons. The van der Waals surface area contributed by atoms with Crippen LogP contribution in [-0.2, 0) is 0 Å². The van der Waals surface area contributed by atoms with E-state index in [0.29, 0.717) is 17.9 Å². The van der Waals surface area contributed by atoms with Crippen LogP contribution in [0.15, 0.2) is 48.5 Å². The number of ether oxygens (including phenoxy) is 1. The Balaban J connectivity index is 1.51. The molecule has 0 atom stereocenters. The molecule has 30 heavy (non-hydrogen) atoms. The molecule has 2 N–H and O–H groups in total. The van der Waals surface area contributed by atoms with Gasteiger partial charge in [-0.15, -0.1) is 0 Å². The van der Waals surface area contributed by atoms with Gasteiger partial charge in [0.2, 0.25) is 0 Å². The van der Waals surface area contributed by atoms with Gasteiger partial charge in [-0.2, -0.15) is 0 Å². The highest BCUT2D eigenvalue weighted by atomic mass is 32.1. The molecular formula is C23H30N4O2S. The number of piperazine rings is 1. The fourth-order valence-corrected chi connectivity index (χ4v) is 3.43. The smallest absolute Gasteiger partial charge is 0.257 e. The molecule has 1 aliphatic heterocycles. The lowest BCUT2D eigenvalue weighted by Gasteiger charge is -2.34. The number of rotatable bonds is 7. The molecule has 1 heterocycles. The zero-order valence-electron chi connectivity index (χ0n) is 17.7. The topological polar surface area (TPSA) is 56.8 Å². The van der Waals surface area contributed by atoms with Crippen LogP contribution in [0.4, 0.5) is 11.4 Å². The van der Waals surface area contributed by atoms with Crippen molar-refractivity contribution in [2.75, 3.05) is 50.1 Å². The molecule has 6 nitrogen and oxygen atoms in total. The number of likely N-dealkylation sites (N-methyl/N-ethyl adjacent to an activating group) is 1. The van der Waals surface area contributed by atoms with Crippen molar-refractivity contribution in [2.24, 2.45) is 0 Å². The van der Waals surface area contributed by atoms with E-state index in [4.69, 9.17) is 17.0 Å². The van der Waals surface area contributed by atoms with Gasteiger partial charge in [0.1, 0.15) is 5.75 Å². The summed E-state index contributed by atoms with van der Waals surface area (Å²) in [6.45, 7) is 6.95. The Morgan fingerprint density at radius 2 is 1.83 bits per heavy atom. The van der Waals surface area contributed by atoms with Crippen LogP contribution in [0.1, 0.15) is 30.1 Å². The third kappa shape index (κ3) is 6.43. The fourth-order valence-electron chi connectivity index (χ4n) is 3.22. The lowest BCUT2D eigenvalue weighted by molar-refractivity contribution is 0.0977. The van der Waals surface area contributed by atoms with Crippen LogP contribution in [-0.4, -0.2) is 55.8 Å². The van der Waals surface area contributed by atoms with Gasteiger partial charge in [0.25, 0.3) is 5.91 Å². The van der Waals surface area contributed by atoms with Gasteiger partial charge in [-0.1, -0.05) is 19.4 Å². The van der Waals surface area contributed by atoms with Crippen LogP contribution in [0.3, 0.4) is 0 Å². The molecule has 3 rings (SSSR count). The Morgan fingerprint density at radius 1 is 1.10 bits per heavy atom. The molecule has 1 fully saturated rings. The maximum absolute atomic E-state index is 12.5. The summed E-state index contributed by atoms with van der Waals surface area (Å²) in [5, 5.41) is 6.08. The Labute approximate surface area is 184 Å². The summed E-state index contributed by atoms with van der Waals surface area (Å²) in [6.07, 6.45) is 2.05. The zero-order valence-corrected chi connectivity index (χ0v) is 18.5. The molecule has 0 aliphatic carbocycles. The van der Waals surface area contributed by atoms with Crippen LogP contribution in [0.25, 0.3) is 0 Å². The molecule has 0 radical (unpaired) electrons. The highest BCUT2D eigenvalue weighted by Crippen LogP contribution is 2.19. The predicted octanol–water partition coefficient (Wildman–Crippen LogP) is 3.74. The van der Waals surface area contributed by atoms with Gasteiger partial charge >= 0.3 is 0 Å². The van der Waals surface area contributed by atoms with Gasteiger partial charge in [-0.25, -0.2) is 0 Å². The summed E-state index contributed by atoms with van der Waals surface area (Å²) >= 11 is 5.31. The van der Waals surface area contributed by atoms with Crippen molar-refractivity contribution in [3.63, 3.8) is 0 Å². The Hall–Kier alpha value is -2.64. The second kappa shape index (κ2) is 10.9. The number of hydrogen-bond donors (Lipinski definition) is 2. The zero-order chi connectivity index (χ0) is 21.3. The van der Waals surface area contributed by atoms with Crippen LogP contribution in [0.2, 0.25) is 0 Å². The lowest BCUT2D eigenvalue weighted by atomic mass is 10.2. The first-order valence-corrected chi connectivity index (χ1v) is 10.8. The van der Waals surface area contributed by atoms with E-state index in [2.05, 4.69) is 46.5 Å². The number of benzene rings is 2. The first-order valence-electron chi connectivity index (χ1n) is 10.4. The summed E-state index contributed by atoms with van der Waals surface area (Å²) in [5.41, 5.74) is 2.55. The fraction of sp³-hybridized carbons (Fsp3) is 0.391. The second-order valence-electron chi connectivity index (χ2n) is 7.48. The number of hydrogen-bond acceptors (Lipinski definition) is 5. The average molecular weight is 427 g/mol. The van der Waals surface area contributed by atoms with Crippen LogP contribution in [0, 0.1) is 0 Å². The van der Waals surface area contributed by atoms with Crippen LogP contribution >= 0.6 is 12.2 Å². The van der Waals surface area contributed by atoms with Crippen molar-refractivity contribution in [2.45, 2.75) is 19.8 Å². The number of anilines is 2. The number of carbonyl (C=O) groups excluding carboxylic acids is 1. The van der Waals surface area contributed by atoms with Gasteiger partial charge in [-0.3, -0.25) is 10.1 Å². The molecule has 1 amide bonds. The Morgan fingerprint density at radius 3 is 2.53 bits per heavy atom. The van der Waals surface area contributed by atoms with Crippen molar-refractivity contribution < 1.29 is 9.53 Å². The van der Waals surface area contributed by atoms with E-state index >= 15 is 0 Å². The summed E-state index contributed by atoms with van der Waals surface area (Å²) in [4.78, 5) is 17.2. The molecule has 0 bridgehead atoms. The van der Waals surface area contributed by atoms with E-state index in [-0.39, 0.29) is 11.0 Å². The van der Waals surface area contributed by atoms with Crippen LogP contribution in [0.5, 0.6) is 5.75 Å². The monoisotopic (exact) mass is 426 g/mol. The second-order valence-corrected chi connectivity index (χ2v) is 7.88. The summed E-state index contributed by atoms with van der Waals surface area (Å²) in [7, 11) is 2.15. The number of carbonyl (C=O) groups is 1. The van der Waals surface area contributed by atoms with E-state index < -0.39 is 0 Å². The number of nitrogens with zero attached hydrogens (tertiary/aromatic N) is 2. The minimum Gasteiger partial charge on any atom is -0.494 e. The SMILES string of the molecule is CCCCOc1cccc(C(=O)NC(=S)Nc2ccc(N3CCN(C)CC3)cc2)c1. The van der Waals surface area contributed by atoms with Gasteiger partial charge < -0.3 is 19.9 Å². The van der Waals surface area contributed by atoms with Crippen molar-refractivity contribution in [1.29, 1.82) is 0 Å². The first kappa shape index (κ1) is 22.1. The van der Waals surface area contributed by atoms with E-state index in [9.17, 15) is 4.79 Å². The predicted molar refractivity (Wildman–Crippen MR) is 127 cm³/mol. The van der Waals surface area contributed by atoms with E-state index in [1.807, 2.05) is 24.3 Å². The van der Waals surface area contributed by atoms with Crippen LogP contribution < -0.4 is 20.3 Å². The largest absolute Gasteiger partial charge is 0.494 e. The van der Waals surface area contributed by atoms with E-state index in [1.165, 1.54) is 5.69 Å². The Bertz CT molecular complexity index is 849. The molecule has 1 aliphatic rings. The normalized spacial score (nSPS) is 14.3. The number of unbranched alkanes of at least 4 members (excludes halogenated alkanes) is 1. The highest BCUT2D eigenvalue weighted by molar-refractivity contribution is 7.80. The van der Waals surface area contributed by atoms with Crippen molar-refractivity contribution in [1.82, 2.24) is 10.2 Å². The van der Waals surface area contributed by atoms with Crippen molar-refractivity contribution in [3.05, 3.63) is 54.1 Å². The number of amides is 1. The third-order valence-corrected chi connectivity index (χ3v) is 5.29. The van der Waals surface area contributed by atoms with Gasteiger partial charge in [-0.05, 0) is 68.2 Å². The molecule has 0 spiro atoms. The van der Waals surface area contributed by atoms with Gasteiger partial charge in [0.05, 0.1) is 6.61 Å². The lowest BCUT2D eigenvalue weighted by Crippen LogP contribution is -2.44. The molecule has 2 aromatic rings. The quantitative estimate of drug-likeness (QED) is 0.520. The standard InChI is InChI=1S/C23H30N4O2S/c1-3-4-16-29-21-7-5-6-18(17-21)22(28)25-23(30)24-19-8-10-20(11-9-19)27-14-12-26(2)13-15-27/h5-11,17H,3-4,12-16H2,1-2H3,(H2,24,25,28,30). The highest BCUT2D eigenvalue weighted by Gasteiger charge is 2.14. The van der Waals surface area contributed by atoms with Crippen molar-refractivity contribution >= 4 is 34.6 Å². The van der Waals surface area contributed by atoms with Gasteiger partial charge in [0, 0.05) is 43.1 Å². The minimum absolute atomic E-state index is 0.262. The molecule has 0 saturated carbocycles. The molecule has 0 unspecified atom stereocenters. The Kier molecular flexibility index (Phi) is 8.04. The summed E-state index contributed by atoms with van der Waals surface area (Å²) in [5.74, 6) is 0.428.